The zero-order valence-electron chi connectivity index (χ0n) is 23.5. The molecule has 0 aliphatic heterocycles. The van der Waals surface area contributed by atoms with Crippen molar-refractivity contribution < 1.29 is 0 Å². The van der Waals surface area contributed by atoms with Crippen LogP contribution in [0, 0.1) is 18.3 Å². The molecule has 0 amide bonds. The Balaban J connectivity index is 1.29. The Kier molecular flexibility index (Phi) is 10.4. The van der Waals surface area contributed by atoms with E-state index in [4.69, 9.17) is 0 Å². The average Bonchev–Trinajstić information content (AvgIpc) is 3.03. The van der Waals surface area contributed by atoms with E-state index in [-0.39, 0.29) is 0 Å². The maximum Gasteiger partial charge on any atom is -0.0238 e. The van der Waals surface area contributed by atoms with Gasteiger partial charge in [0, 0.05) is 0 Å². The monoisotopic (exact) mass is 521 g/mol. The van der Waals surface area contributed by atoms with E-state index in [1.54, 1.807) is 0 Å². The lowest BCUT2D eigenvalue weighted by Gasteiger charge is -2.28. The lowest BCUT2D eigenvalue weighted by atomic mass is 9.77. The number of hydrogen-bond donors (Lipinski definition) is 0. The highest BCUT2D eigenvalue weighted by Crippen LogP contribution is 2.30. The predicted molar refractivity (Wildman–Crippen MR) is 170 cm³/mol. The van der Waals surface area contributed by atoms with Gasteiger partial charge in [0.2, 0.25) is 0 Å². The van der Waals surface area contributed by atoms with E-state index in [9.17, 15) is 0 Å². The highest BCUT2D eigenvalue weighted by Gasteiger charge is 2.23. The second-order valence-electron chi connectivity index (χ2n) is 11.1. The third-order valence-corrected chi connectivity index (χ3v) is 8.13. The standard InChI is InChI=1S/C40H41/c1-5-13-33(14-6-1)21-22-35-23-25-36(26-24-35)28-30-40(32-38-19-11-4-12-20-38)39(31-37-17-9-3-10-18-37)29-27-34-15-7-2-8-16-34/h1-20,23-26,29,39-40H,21-22,27-28,30-32H2. The first-order chi connectivity index (χ1) is 19.8. The van der Waals surface area contributed by atoms with E-state index < -0.39 is 0 Å². The van der Waals surface area contributed by atoms with Gasteiger partial charge in [-0.05, 0) is 96.6 Å². The molecule has 0 saturated carbocycles. The molecular formula is C40H41. The summed E-state index contributed by atoms with van der Waals surface area (Å²) in [6.07, 6.45) is 10.3. The van der Waals surface area contributed by atoms with Gasteiger partial charge in [-0.1, -0.05) is 146 Å². The van der Waals surface area contributed by atoms with E-state index in [1.165, 1.54) is 39.8 Å². The van der Waals surface area contributed by atoms with Crippen molar-refractivity contribution in [3.63, 3.8) is 0 Å². The molecule has 201 valence electrons. The van der Waals surface area contributed by atoms with Crippen molar-refractivity contribution in [1.29, 1.82) is 0 Å². The Hall–Kier alpha value is -3.90. The second kappa shape index (κ2) is 15.0. The number of aryl methyl sites for hydroxylation is 3. The molecule has 0 aliphatic carbocycles. The van der Waals surface area contributed by atoms with Crippen LogP contribution < -0.4 is 0 Å². The average molecular weight is 522 g/mol. The highest BCUT2D eigenvalue weighted by molar-refractivity contribution is 5.26. The molecule has 2 unspecified atom stereocenters. The maximum absolute atomic E-state index is 2.60. The molecule has 1 radical (unpaired) electrons. The Morgan fingerprint density at radius 1 is 0.375 bits per heavy atom. The van der Waals surface area contributed by atoms with Gasteiger partial charge in [0.05, 0.1) is 0 Å². The molecular weight excluding hydrogens is 480 g/mol. The van der Waals surface area contributed by atoms with E-state index >= 15 is 0 Å². The fourth-order valence-corrected chi connectivity index (χ4v) is 5.77. The smallest absolute Gasteiger partial charge is 0.0238 e. The van der Waals surface area contributed by atoms with Crippen molar-refractivity contribution in [1.82, 2.24) is 0 Å². The topological polar surface area (TPSA) is 0 Å². The fourth-order valence-electron chi connectivity index (χ4n) is 5.77. The van der Waals surface area contributed by atoms with Gasteiger partial charge < -0.3 is 0 Å². The largest absolute Gasteiger partial charge is 0.0622 e. The zero-order chi connectivity index (χ0) is 27.2. The summed E-state index contributed by atoms with van der Waals surface area (Å²) in [5.74, 6) is 1.08. The molecule has 0 spiro atoms. The van der Waals surface area contributed by atoms with Crippen molar-refractivity contribution in [2.45, 2.75) is 44.9 Å². The minimum Gasteiger partial charge on any atom is -0.0622 e. The van der Waals surface area contributed by atoms with Crippen LogP contribution in [0.5, 0.6) is 0 Å². The SMILES string of the molecule is [CH](Cc1ccccc1)C(Cc1ccccc1)C(CCc1ccc(CCc2ccccc2)cc1)Cc1ccccc1. The molecule has 5 aromatic rings. The molecule has 0 saturated heterocycles. The van der Waals surface area contributed by atoms with Crippen LogP contribution in [-0.2, 0) is 38.5 Å². The molecule has 0 heteroatoms. The summed E-state index contributed by atoms with van der Waals surface area (Å²) < 4.78 is 0. The Bertz CT molecular complexity index is 1360. The van der Waals surface area contributed by atoms with Crippen LogP contribution in [0.25, 0.3) is 0 Å². The van der Waals surface area contributed by atoms with Crippen molar-refractivity contribution >= 4 is 0 Å². The van der Waals surface area contributed by atoms with Crippen molar-refractivity contribution in [2.75, 3.05) is 0 Å². The number of rotatable bonds is 14. The Morgan fingerprint density at radius 3 is 1.30 bits per heavy atom. The number of hydrogen-bond acceptors (Lipinski definition) is 0. The summed E-state index contributed by atoms with van der Waals surface area (Å²) in [7, 11) is 0. The van der Waals surface area contributed by atoms with Gasteiger partial charge in [0.25, 0.3) is 0 Å². The second-order valence-corrected chi connectivity index (χ2v) is 11.1. The van der Waals surface area contributed by atoms with Crippen LogP contribution >= 0.6 is 0 Å². The number of benzene rings is 5. The lowest BCUT2D eigenvalue weighted by molar-refractivity contribution is 0.340. The van der Waals surface area contributed by atoms with Gasteiger partial charge in [-0.15, -0.1) is 0 Å². The van der Waals surface area contributed by atoms with Gasteiger partial charge in [0.15, 0.2) is 0 Å². The van der Waals surface area contributed by atoms with Gasteiger partial charge in [-0.2, -0.15) is 0 Å². The molecule has 0 N–H and O–H groups in total. The highest BCUT2D eigenvalue weighted by atomic mass is 14.3. The van der Waals surface area contributed by atoms with E-state index in [0.717, 1.165) is 38.5 Å². The van der Waals surface area contributed by atoms with Crippen LogP contribution in [0.2, 0.25) is 0 Å². The third kappa shape index (κ3) is 8.82. The van der Waals surface area contributed by atoms with Crippen LogP contribution in [0.3, 0.4) is 0 Å². The molecule has 0 fully saturated rings. The molecule has 40 heavy (non-hydrogen) atoms. The van der Waals surface area contributed by atoms with Gasteiger partial charge in [-0.25, -0.2) is 0 Å². The van der Waals surface area contributed by atoms with Gasteiger partial charge in [-0.3, -0.25) is 0 Å². The van der Waals surface area contributed by atoms with Gasteiger partial charge in [0.1, 0.15) is 0 Å². The van der Waals surface area contributed by atoms with Crippen molar-refractivity contribution in [3.05, 3.63) is 185 Å². The molecule has 0 nitrogen and oxygen atoms in total. The third-order valence-electron chi connectivity index (χ3n) is 8.13. The first-order valence-electron chi connectivity index (χ1n) is 14.9. The summed E-state index contributed by atoms with van der Waals surface area (Å²) >= 11 is 0. The lowest BCUT2D eigenvalue weighted by Crippen LogP contribution is -2.22. The zero-order valence-corrected chi connectivity index (χ0v) is 23.5. The molecule has 5 aromatic carbocycles. The van der Waals surface area contributed by atoms with Gasteiger partial charge >= 0.3 is 0 Å². The predicted octanol–water partition coefficient (Wildman–Crippen LogP) is 9.57. The van der Waals surface area contributed by atoms with Crippen LogP contribution in [0.4, 0.5) is 0 Å². The normalized spacial score (nSPS) is 12.6. The Morgan fingerprint density at radius 2 is 0.775 bits per heavy atom. The summed E-state index contributed by atoms with van der Waals surface area (Å²) in [5, 5.41) is 0. The minimum absolute atomic E-state index is 0.507. The summed E-state index contributed by atoms with van der Waals surface area (Å²) in [5.41, 5.74) is 8.54. The first kappa shape index (κ1) is 27.7. The molecule has 5 rings (SSSR count). The van der Waals surface area contributed by atoms with Crippen LogP contribution in [-0.4, -0.2) is 0 Å². The minimum atomic E-state index is 0.507. The molecule has 0 bridgehead atoms. The van der Waals surface area contributed by atoms with Crippen molar-refractivity contribution in [2.24, 2.45) is 11.8 Å². The molecule has 0 heterocycles. The van der Waals surface area contributed by atoms with Crippen molar-refractivity contribution in [3.8, 4) is 0 Å². The summed E-state index contributed by atoms with van der Waals surface area (Å²) in [6.45, 7) is 0. The summed E-state index contributed by atoms with van der Waals surface area (Å²) in [6, 6.07) is 53.3. The van der Waals surface area contributed by atoms with E-state index in [2.05, 4.69) is 152 Å². The van der Waals surface area contributed by atoms with Crippen LogP contribution in [0.1, 0.15) is 39.8 Å². The Labute approximate surface area is 241 Å². The summed E-state index contributed by atoms with van der Waals surface area (Å²) in [4.78, 5) is 0. The first-order valence-corrected chi connectivity index (χ1v) is 14.9. The van der Waals surface area contributed by atoms with E-state index in [1.807, 2.05) is 0 Å². The quantitative estimate of drug-likeness (QED) is 0.136. The molecule has 2 atom stereocenters. The van der Waals surface area contributed by atoms with Crippen LogP contribution in [0.15, 0.2) is 146 Å². The maximum atomic E-state index is 2.60. The van der Waals surface area contributed by atoms with E-state index in [0.29, 0.717) is 11.8 Å². The molecule has 0 aliphatic rings. The molecule has 0 aromatic heterocycles. The fraction of sp³-hybridized carbons (Fsp3) is 0.225.